The first-order valence-electron chi connectivity index (χ1n) is 8.99. The van der Waals surface area contributed by atoms with Crippen LogP contribution >= 0.6 is 0 Å². The second-order valence-electron chi connectivity index (χ2n) is 6.57. The smallest absolute Gasteiger partial charge is 0.377 e. The fourth-order valence-corrected chi connectivity index (χ4v) is 3.39. The fraction of sp³-hybridized carbons (Fsp3) is 0.316. The molecule has 1 aliphatic rings. The number of halogens is 3. The molecule has 152 valence electrons. The van der Waals surface area contributed by atoms with E-state index in [4.69, 9.17) is 4.74 Å². The first-order chi connectivity index (χ1) is 13.9. The maximum Gasteiger partial charge on any atom is 0.421 e. The second kappa shape index (κ2) is 7.36. The standard InChI is InChI=1S/C19H19F3N6O/c1-23-17-14(19(20,21)22)10-24-18(27-17)26-15-4-3-12(11-5-7-29-8-6-11)16-13(15)9-25-28(16)2/h3-5,9-10H,6-8H2,1-2H3,(H2,23,24,26,27). The van der Waals surface area contributed by atoms with Crippen LogP contribution in [0, 0.1) is 0 Å². The van der Waals surface area contributed by atoms with E-state index in [0.717, 1.165) is 29.1 Å². The lowest BCUT2D eigenvalue weighted by Gasteiger charge is -2.17. The Morgan fingerprint density at radius 3 is 2.72 bits per heavy atom. The summed E-state index contributed by atoms with van der Waals surface area (Å²) in [7, 11) is 3.24. The molecule has 0 spiro atoms. The van der Waals surface area contributed by atoms with E-state index in [-0.39, 0.29) is 11.8 Å². The van der Waals surface area contributed by atoms with Crippen LogP contribution in [-0.4, -0.2) is 40.0 Å². The highest BCUT2D eigenvalue weighted by atomic mass is 19.4. The van der Waals surface area contributed by atoms with Gasteiger partial charge in [-0.25, -0.2) is 4.98 Å². The molecule has 1 aromatic carbocycles. The monoisotopic (exact) mass is 404 g/mol. The van der Waals surface area contributed by atoms with Gasteiger partial charge in [0.15, 0.2) is 0 Å². The van der Waals surface area contributed by atoms with Crippen LogP contribution in [-0.2, 0) is 18.0 Å². The topological polar surface area (TPSA) is 76.9 Å². The molecule has 2 aromatic heterocycles. The van der Waals surface area contributed by atoms with E-state index in [1.165, 1.54) is 12.6 Å². The number of alkyl halides is 3. The van der Waals surface area contributed by atoms with Crippen molar-refractivity contribution in [3.8, 4) is 0 Å². The maximum atomic E-state index is 13.1. The summed E-state index contributed by atoms with van der Waals surface area (Å²) in [6.07, 6.45) is 0.802. The van der Waals surface area contributed by atoms with Gasteiger partial charge in [0.05, 0.1) is 30.6 Å². The van der Waals surface area contributed by atoms with Crippen molar-refractivity contribution in [2.75, 3.05) is 30.9 Å². The number of ether oxygens (including phenoxy) is 1. The molecule has 0 bridgehead atoms. The number of aromatic nitrogens is 4. The zero-order valence-electron chi connectivity index (χ0n) is 15.8. The predicted octanol–water partition coefficient (Wildman–Crippen LogP) is 3.97. The van der Waals surface area contributed by atoms with Gasteiger partial charge >= 0.3 is 6.18 Å². The Balaban J connectivity index is 1.74. The molecule has 4 rings (SSSR count). The van der Waals surface area contributed by atoms with Crippen LogP contribution in [0.25, 0.3) is 16.5 Å². The van der Waals surface area contributed by atoms with Crippen molar-refractivity contribution in [2.45, 2.75) is 12.6 Å². The number of fused-ring (bicyclic) bond motifs is 1. The molecule has 0 saturated carbocycles. The van der Waals surface area contributed by atoms with Gasteiger partial charge in [-0.15, -0.1) is 0 Å². The maximum absolute atomic E-state index is 13.1. The molecule has 0 saturated heterocycles. The summed E-state index contributed by atoms with van der Waals surface area (Å²) in [6, 6.07) is 3.82. The van der Waals surface area contributed by atoms with Crippen molar-refractivity contribution in [1.82, 2.24) is 19.7 Å². The number of aryl methyl sites for hydroxylation is 1. The van der Waals surface area contributed by atoms with Crippen LogP contribution in [0.3, 0.4) is 0 Å². The van der Waals surface area contributed by atoms with Gasteiger partial charge in [-0.1, -0.05) is 12.1 Å². The van der Waals surface area contributed by atoms with E-state index < -0.39 is 11.7 Å². The third-order valence-electron chi connectivity index (χ3n) is 4.79. The molecule has 0 aliphatic carbocycles. The van der Waals surface area contributed by atoms with Crippen molar-refractivity contribution in [3.05, 3.63) is 41.7 Å². The molecule has 0 fully saturated rings. The van der Waals surface area contributed by atoms with E-state index in [1.807, 2.05) is 19.2 Å². The number of nitrogens with zero attached hydrogens (tertiary/aromatic N) is 4. The molecule has 3 aromatic rings. The molecule has 0 amide bonds. The summed E-state index contributed by atoms with van der Waals surface area (Å²) in [4.78, 5) is 7.81. The number of nitrogens with one attached hydrogen (secondary N) is 2. The van der Waals surface area contributed by atoms with Crippen molar-refractivity contribution in [3.63, 3.8) is 0 Å². The highest BCUT2D eigenvalue weighted by Gasteiger charge is 2.35. The zero-order chi connectivity index (χ0) is 20.6. The summed E-state index contributed by atoms with van der Waals surface area (Å²) >= 11 is 0. The third kappa shape index (κ3) is 3.63. The zero-order valence-corrected chi connectivity index (χ0v) is 15.8. The lowest BCUT2D eigenvalue weighted by Crippen LogP contribution is -2.12. The molecule has 0 atom stereocenters. The van der Waals surface area contributed by atoms with E-state index in [2.05, 4.69) is 31.8 Å². The quantitative estimate of drug-likeness (QED) is 0.685. The van der Waals surface area contributed by atoms with Gasteiger partial charge in [-0.3, -0.25) is 4.68 Å². The summed E-state index contributed by atoms with van der Waals surface area (Å²) in [5.41, 5.74) is 2.90. The first-order valence-corrected chi connectivity index (χ1v) is 8.99. The third-order valence-corrected chi connectivity index (χ3v) is 4.79. The van der Waals surface area contributed by atoms with Gasteiger partial charge in [0, 0.05) is 31.2 Å². The van der Waals surface area contributed by atoms with Gasteiger partial charge in [0.2, 0.25) is 5.95 Å². The molecule has 10 heteroatoms. The molecule has 1 aliphatic heterocycles. The largest absolute Gasteiger partial charge is 0.421 e. The molecule has 29 heavy (non-hydrogen) atoms. The Labute approximate surface area is 164 Å². The van der Waals surface area contributed by atoms with Crippen LogP contribution < -0.4 is 10.6 Å². The summed E-state index contributed by atoms with van der Waals surface area (Å²) in [5, 5.41) is 10.7. The van der Waals surface area contributed by atoms with E-state index in [1.54, 1.807) is 10.9 Å². The van der Waals surface area contributed by atoms with Crippen molar-refractivity contribution < 1.29 is 17.9 Å². The lowest BCUT2D eigenvalue weighted by atomic mass is 9.98. The number of anilines is 3. The Kier molecular flexibility index (Phi) is 4.87. The normalized spacial score (nSPS) is 14.7. The fourth-order valence-electron chi connectivity index (χ4n) is 3.39. The Bertz CT molecular complexity index is 1090. The molecule has 3 heterocycles. The number of benzene rings is 1. The van der Waals surface area contributed by atoms with Crippen LogP contribution in [0.5, 0.6) is 0 Å². The molecular weight excluding hydrogens is 385 g/mol. The summed E-state index contributed by atoms with van der Waals surface area (Å²) in [6.45, 7) is 1.23. The number of hydrogen-bond acceptors (Lipinski definition) is 6. The second-order valence-corrected chi connectivity index (χ2v) is 6.57. The first kappa shape index (κ1) is 19.2. The van der Waals surface area contributed by atoms with E-state index >= 15 is 0 Å². The molecule has 2 N–H and O–H groups in total. The van der Waals surface area contributed by atoms with Crippen molar-refractivity contribution in [2.24, 2.45) is 7.05 Å². The Morgan fingerprint density at radius 2 is 2.03 bits per heavy atom. The van der Waals surface area contributed by atoms with Crippen LogP contribution in [0.1, 0.15) is 17.5 Å². The van der Waals surface area contributed by atoms with Crippen LogP contribution in [0.4, 0.5) is 30.6 Å². The lowest BCUT2D eigenvalue weighted by molar-refractivity contribution is -0.137. The predicted molar refractivity (Wildman–Crippen MR) is 104 cm³/mol. The van der Waals surface area contributed by atoms with Crippen LogP contribution in [0.2, 0.25) is 0 Å². The molecule has 7 nitrogen and oxygen atoms in total. The molecule has 0 radical (unpaired) electrons. The molecule has 0 unspecified atom stereocenters. The highest BCUT2D eigenvalue weighted by Crippen LogP contribution is 2.36. The highest BCUT2D eigenvalue weighted by molar-refractivity contribution is 5.99. The van der Waals surface area contributed by atoms with Crippen molar-refractivity contribution >= 4 is 33.9 Å². The van der Waals surface area contributed by atoms with Crippen LogP contribution in [0.15, 0.2) is 30.6 Å². The minimum atomic E-state index is -4.54. The summed E-state index contributed by atoms with van der Waals surface area (Å²) in [5.74, 6) is -0.230. The average Bonchev–Trinajstić information content (AvgIpc) is 3.10. The molecular formula is C19H19F3N6O. The Hall–Kier alpha value is -3.14. The van der Waals surface area contributed by atoms with Crippen molar-refractivity contribution in [1.29, 1.82) is 0 Å². The summed E-state index contributed by atoms with van der Waals surface area (Å²) < 4.78 is 46.3. The minimum Gasteiger partial charge on any atom is -0.377 e. The number of hydrogen-bond donors (Lipinski definition) is 2. The van der Waals surface area contributed by atoms with E-state index in [9.17, 15) is 13.2 Å². The van der Waals surface area contributed by atoms with Gasteiger partial charge in [0.25, 0.3) is 0 Å². The average molecular weight is 404 g/mol. The van der Waals surface area contributed by atoms with Gasteiger partial charge < -0.3 is 15.4 Å². The van der Waals surface area contributed by atoms with Gasteiger partial charge in [-0.05, 0) is 18.1 Å². The van der Waals surface area contributed by atoms with Gasteiger partial charge in [0.1, 0.15) is 11.4 Å². The Morgan fingerprint density at radius 1 is 1.21 bits per heavy atom. The van der Waals surface area contributed by atoms with Gasteiger partial charge in [-0.2, -0.15) is 23.3 Å². The SMILES string of the molecule is CNc1nc(Nc2ccc(C3=CCOCC3)c3c2cnn3C)ncc1C(F)(F)F. The minimum absolute atomic E-state index is 0.0607. The van der Waals surface area contributed by atoms with E-state index in [0.29, 0.717) is 18.9 Å². The number of rotatable bonds is 4.